The molecule has 0 radical (unpaired) electrons. The van der Waals surface area contributed by atoms with Crippen LogP contribution in [0.4, 0.5) is 5.69 Å². The Morgan fingerprint density at radius 2 is 1.69 bits per heavy atom. The molecule has 1 aliphatic heterocycles. The number of rotatable bonds is 4. The van der Waals surface area contributed by atoms with Crippen LogP contribution >= 0.6 is 0 Å². The molecule has 1 saturated heterocycles. The molecule has 1 fully saturated rings. The Morgan fingerprint density at radius 1 is 1.00 bits per heavy atom. The fraction of sp³-hybridized carbons (Fsp3) is 0.316. The molecule has 1 amide bonds. The van der Waals surface area contributed by atoms with Gasteiger partial charge in [0.1, 0.15) is 0 Å². The lowest BCUT2D eigenvalue weighted by molar-refractivity contribution is 0.0746. The highest BCUT2D eigenvalue weighted by molar-refractivity contribution is 7.89. The number of hydrogen-bond donors (Lipinski definition) is 1. The summed E-state index contributed by atoms with van der Waals surface area (Å²) < 4.78 is 26.2. The number of aryl methyl sites for hydroxylation is 1. The second-order valence-corrected chi connectivity index (χ2v) is 8.19. The fourth-order valence-electron chi connectivity index (χ4n) is 3.17. The molecular weight excluding hydrogens is 350 g/mol. The number of anilines is 1. The molecule has 2 aromatic carbocycles. The van der Waals surface area contributed by atoms with E-state index in [1.54, 1.807) is 17.0 Å². The molecule has 138 valence electrons. The second-order valence-electron chi connectivity index (χ2n) is 6.30. The van der Waals surface area contributed by atoms with Crippen LogP contribution in [0, 0.1) is 6.92 Å². The Kier molecular flexibility index (Phi) is 5.29. The molecule has 6 nitrogen and oxygen atoms in total. The van der Waals surface area contributed by atoms with Crippen molar-refractivity contribution in [3.63, 3.8) is 0 Å². The van der Waals surface area contributed by atoms with E-state index in [1.807, 2.05) is 12.1 Å². The average Bonchev–Trinajstić information content (AvgIpc) is 2.68. The summed E-state index contributed by atoms with van der Waals surface area (Å²) in [6, 6.07) is 14.4. The summed E-state index contributed by atoms with van der Waals surface area (Å²) in [4.78, 5) is 16.9. The van der Waals surface area contributed by atoms with E-state index in [1.165, 1.54) is 30.4 Å². The minimum atomic E-state index is -3.56. The molecule has 0 unspecified atom stereocenters. The van der Waals surface area contributed by atoms with E-state index in [0.29, 0.717) is 18.7 Å². The van der Waals surface area contributed by atoms with Crippen LogP contribution in [-0.2, 0) is 10.0 Å². The molecular formula is C19H23N3O3S. The monoisotopic (exact) mass is 373 g/mol. The third kappa shape index (κ3) is 3.73. The summed E-state index contributed by atoms with van der Waals surface area (Å²) in [5.41, 5.74) is 2.81. The van der Waals surface area contributed by atoms with Crippen LogP contribution in [-0.4, -0.2) is 52.5 Å². The van der Waals surface area contributed by atoms with E-state index in [4.69, 9.17) is 0 Å². The van der Waals surface area contributed by atoms with Gasteiger partial charge in [-0.05, 0) is 43.8 Å². The largest absolute Gasteiger partial charge is 0.368 e. The lowest BCUT2D eigenvalue weighted by Gasteiger charge is -2.36. The number of carbonyl (C=O) groups excluding carboxylic acids is 1. The Balaban J connectivity index is 1.71. The molecule has 0 spiro atoms. The van der Waals surface area contributed by atoms with Crippen molar-refractivity contribution in [1.29, 1.82) is 0 Å². The molecule has 1 N–H and O–H groups in total. The summed E-state index contributed by atoms with van der Waals surface area (Å²) >= 11 is 0. The summed E-state index contributed by atoms with van der Waals surface area (Å²) in [5, 5.41) is 0. The van der Waals surface area contributed by atoms with Gasteiger partial charge in [0, 0.05) is 37.4 Å². The normalized spacial score (nSPS) is 15.2. The van der Waals surface area contributed by atoms with E-state index in [0.717, 1.165) is 13.1 Å². The third-order valence-electron chi connectivity index (χ3n) is 4.68. The minimum Gasteiger partial charge on any atom is -0.368 e. The zero-order valence-electron chi connectivity index (χ0n) is 15.0. The van der Waals surface area contributed by atoms with Gasteiger partial charge >= 0.3 is 0 Å². The molecule has 0 aliphatic carbocycles. The molecule has 2 aromatic rings. The second kappa shape index (κ2) is 7.47. The summed E-state index contributed by atoms with van der Waals surface area (Å²) in [6.07, 6.45) is 0. The Morgan fingerprint density at radius 3 is 2.35 bits per heavy atom. The number of nitrogens with zero attached hydrogens (tertiary/aromatic N) is 2. The van der Waals surface area contributed by atoms with Crippen LogP contribution < -0.4 is 9.62 Å². The van der Waals surface area contributed by atoms with E-state index in [9.17, 15) is 13.2 Å². The highest BCUT2D eigenvalue weighted by atomic mass is 32.2. The van der Waals surface area contributed by atoms with Crippen LogP contribution in [0.5, 0.6) is 0 Å². The minimum absolute atomic E-state index is 0.101. The van der Waals surface area contributed by atoms with Crippen molar-refractivity contribution in [2.24, 2.45) is 0 Å². The third-order valence-corrected chi connectivity index (χ3v) is 6.10. The first kappa shape index (κ1) is 18.4. The summed E-state index contributed by atoms with van der Waals surface area (Å²) in [6.45, 7) is 4.81. The predicted molar refractivity (Wildman–Crippen MR) is 102 cm³/mol. The molecule has 26 heavy (non-hydrogen) atoms. The van der Waals surface area contributed by atoms with Gasteiger partial charge in [0.25, 0.3) is 5.91 Å². The number of nitrogens with one attached hydrogen (secondary N) is 1. The zero-order valence-corrected chi connectivity index (χ0v) is 15.8. The topological polar surface area (TPSA) is 69.7 Å². The van der Waals surface area contributed by atoms with Gasteiger partial charge in [0.2, 0.25) is 10.0 Å². The van der Waals surface area contributed by atoms with Crippen molar-refractivity contribution in [2.75, 3.05) is 38.1 Å². The van der Waals surface area contributed by atoms with E-state index in [-0.39, 0.29) is 10.8 Å². The van der Waals surface area contributed by atoms with Gasteiger partial charge in [-0.3, -0.25) is 4.79 Å². The molecule has 1 heterocycles. The van der Waals surface area contributed by atoms with Crippen molar-refractivity contribution in [3.8, 4) is 0 Å². The molecule has 7 heteroatoms. The predicted octanol–water partition coefficient (Wildman–Crippen LogP) is 1.87. The highest BCUT2D eigenvalue weighted by Crippen LogP contribution is 2.21. The number of para-hydroxylation sites is 1. The molecule has 1 aliphatic rings. The number of amides is 1. The first-order valence-corrected chi connectivity index (χ1v) is 10.0. The number of piperazine rings is 1. The number of benzene rings is 2. The van der Waals surface area contributed by atoms with Gasteiger partial charge < -0.3 is 9.80 Å². The molecule has 0 aromatic heterocycles. The van der Waals surface area contributed by atoms with E-state index in [2.05, 4.69) is 28.7 Å². The van der Waals surface area contributed by atoms with Crippen LogP contribution in [0.15, 0.2) is 53.4 Å². The van der Waals surface area contributed by atoms with Gasteiger partial charge in [-0.1, -0.05) is 24.3 Å². The van der Waals surface area contributed by atoms with Gasteiger partial charge in [0.05, 0.1) is 4.90 Å². The summed E-state index contributed by atoms with van der Waals surface area (Å²) in [7, 11) is -2.21. The Bertz CT molecular complexity index is 904. The number of carbonyl (C=O) groups is 1. The molecule has 0 atom stereocenters. The SMILES string of the molecule is CNS(=O)(=O)c1cccc(C(=O)N2CCN(c3ccccc3C)CC2)c1. The highest BCUT2D eigenvalue weighted by Gasteiger charge is 2.24. The first-order valence-electron chi connectivity index (χ1n) is 8.56. The Hall–Kier alpha value is -2.38. The molecule has 0 saturated carbocycles. The van der Waals surface area contributed by atoms with E-state index < -0.39 is 10.0 Å². The van der Waals surface area contributed by atoms with E-state index >= 15 is 0 Å². The van der Waals surface area contributed by atoms with Crippen LogP contribution in [0.1, 0.15) is 15.9 Å². The smallest absolute Gasteiger partial charge is 0.254 e. The standard InChI is InChI=1S/C19H23N3O3S/c1-15-6-3-4-9-18(15)21-10-12-22(13-11-21)19(23)16-7-5-8-17(14-16)26(24,25)20-2/h3-9,14,20H,10-13H2,1-2H3. The zero-order chi connectivity index (χ0) is 18.7. The maximum Gasteiger partial charge on any atom is 0.254 e. The van der Waals surface area contributed by atoms with Gasteiger partial charge in [-0.15, -0.1) is 0 Å². The number of sulfonamides is 1. The average molecular weight is 373 g/mol. The fourth-order valence-corrected chi connectivity index (χ4v) is 3.94. The lowest BCUT2D eigenvalue weighted by atomic mass is 10.1. The van der Waals surface area contributed by atoms with Crippen molar-refractivity contribution in [3.05, 3.63) is 59.7 Å². The van der Waals surface area contributed by atoms with Gasteiger partial charge in [-0.2, -0.15) is 0 Å². The Labute approximate surface area is 154 Å². The van der Waals surface area contributed by atoms with Gasteiger partial charge in [-0.25, -0.2) is 13.1 Å². The first-order chi connectivity index (χ1) is 12.4. The number of hydrogen-bond acceptors (Lipinski definition) is 4. The van der Waals surface area contributed by atoms with Crippen LogP contribution in [0.25, 0.3) is 0 Å². The summed E-state index contributed by atoms with van der Waals surface area (Å²) in [5.74, 6) is -0.136. The van der Waals surface area contributed by atoms with Crippen molar-refractivity contribution in [1.82, 2.24) is 9.62 Å². The van der Waals surface area contributed by atoms with Crippen molar-refractivity contribution >= 4 is 21.6 Å². The molecule has 3 rings (SSSR count). The lowest BCUT2D eigenvalue weighted by Crippen LogP contribution is -2.49. The maximum absolute atomic E-state index is 12.8. The van der Waals surface area contributed by atoms with Crippen LogP contribution in [0.3, 0.4) is 0 Å². The van der Waals surface area contributed by atoms with Crippen molar-refractivity contribution in [2.45, 2.75) is 11.8 Å². The van der Waals surface area contributed by atoms with Gasteiger partial charge in [0.15, 0.2) is 0 Å². The van der Waals surface area contributed by atoms with Crippen LogP contribution in [0.2, 0.25) is 0 Å². The maximum atomic E-state index is 12.8. The molecule has 0 bridgehead atoms. The van der Waals surface area contributed by atoms with Crippen molar-refractivity contribution < 1.29 is 13.2 Å². The quantitative estimate of drug-likeness (QED) is 0.888.